The molecule has 0 spiro atoms. The van der Waals surface area contributed by atoms with Crippen LogP contribution in [0.2, 0.25) is 5.02 Å². The van der Waals surface area contributed by atoms with Crippen LogP contribution in [0.4, 0.5) is 0 Å². The Morgan fingerprint density at radius 2 is 2.38 bits per heavy atom. The van der Waals surface area contributed by atoms with E-state index in [4.69, 9.17) is 22.1 Å². The highest BCUT2D eigenvalue weighted by Crippen LogP contribution is 2.18. The molecule has 1 aliphatic rings. The summed E-state index contributed by atoms with van der Waals surface area (Å²) in [6, 6.07) is 5.10. The van der Waals surface area contributed by atoms with Gasteiger partial charge in [0.05, 0.1) is 11.6 Å². The van der Waals surface area contributed by atoms with Crippen molar-refractivity contribution < 1.29 is 9.53 Å². The molecule has 1 heterocycles. The Hall–Kier alpha value is -1.54. The zero-order chi connectivity index (χ0) is 15.1. The van der Waals surface area contributed by atoms with Gasteiger partial charge in [0.2, 0.25) is 0 Å². The highest BCUT2D eigenvalue weighted by molar-refractivity contribution is 6.32. The van der Waals surface area contributed by atoms with Crippen LogP contribution in [0.5, 0.6) is 0 Å². The van der Waals surface area contributed by atoms with Crippen molar-refractivity contribution in [1.82, 2.24) is 5.32 Å². The minimum Gasteiger partial charge on any atom is -0.381 e. The predicted octanol–water partition coefficient (Wildman–Crippen LogP) is 1.81. The molecule has 0 saturated carbocycles. The summed E-state index contributed by atoms with van der Waals surface area (Å²) in [6.07, 6.45) is 2.02. The number of nitrogens with one attached hydrogen (secondary N) is 1. The van der Waals surface area contributed by atoms with Crippen LogP contribution in [0.15, 0.2) is 18.2 Å². The summed E-state index contributed by atoms with van der Waals surface area (Å²) in [6.45, 7) is 2.57. The van der Waals surface area contributed by atoms with Crippen LogP contribution in [0.1, 0.15) is 28.8 Å². The maximum absolute atomic E-state index is 12.0. The van der Waals surface area contributed by atoms with Gasteiger partial charge in [-0.2, -0.15) is 0 Å². The number of carbonyl (C=O) groups excluding carboxylic acids is 1. The molecule has 21 heavy (non-hydrogen) atoms. The Balaban J connectivity index is 1.88. The average Bonchev–Trinajstić information content (AvgIpc) is 2.99. The van der Waals surface area contributed by atoms with Gasteiger partial charge in [0.25, 0.3) is 5.91 Å². The van der Waals surface area contributed by atoms with E-state index in [9.17, 15) is 4.79 Å². The summed E-state index contributed by atoms with van der Waals surface area (Å²) >= 11 is 6.11. The van der Waals surface area contributed by atoms with Gasteiger partial charge in [0.1, 0.15) is 0 Å². The van der Waals surface area contributed by atoms with Crippen LogP contribution in [-0.2, 0) is 4.74 Å². The van der Waals surface area contributed by atoms with Crippen LogP contribution in [-0.4, -0.2) is 32.2 Å². The van der Waals surface area contributed by atoms with Crippen molar-refractivity contribution in [3.05, 3.63) is 34.3 Å². The van der Waals surface area contributed by atoms with Crippen molar-refractivity contribution in [3.8, 4) is 11.8 Å². The summed E-state index contributed by atoms with van der Waals surface area (Å²) in [7, 11) is 0. The molecule has 1 unspecified atom stereocenters. The number of benzene rings is 1. The number of ether oxygens (including phenoxy) is 1. The fourth-order valence-electron chi connectivity index (χ4n) is 2.21. The van der Waals surface area contributed by atoms with Crippen LogP contribution in [0.3, 0.4) is 0 Å². The molecule has 0 aromatic heterocycles. The lowest BCUT2D eigenvalue weighted by Gasteiger charge is -2.09. The summed E-state index contributed by atoms with van der Waals surface area (Å²) in [5, 5.41) is 3.37. The third-order valence-electron chi connectivity index (χ3n) is 3.42. The number of amides is 1. The smallest absolute Gasteiger partial charge is 0.251 e. The number of halogens is 1. The number of nitrogens with two attached hydrogens (primary N) is 1. The maximum Gasteiger partial charge on any atom is 0.251 e. The molecule has 2 rings (SSSR count). The van der Waals surface area contributed by atoms with Crippen molar-refractivity contribution in [3.63, 3.8) is 0 Å². The summed E-state index contributed by atoms with van der Waals surface area (Å²) in [5.41, 5.74) is 6.55. The molecule has 1 aliphatic heterocycles. The van der Waals surface area contributed by atoms with Crippen molar-refractivity contribution in [1.29, 1.82) is 0 Å². The molecule has 1 aromatic rings. The van der Waals surface area contributed by atoms with Crippen LogP contribution >= 0.6 is 11.6 Å². The minimum absolute atomic E-state index is 0.117. The highest BCUT2D eigenvalue weighted by Gasteiger charge is 2.15. The molecule has 1 amide bonds. The fraction of sp³-hybridized carbons (Fsp3) is 0.438. The van der Waals surface area contributed by atoms with E-state index in [-0.39, 0.29) is 12.5 Å². The molecule has 4 nitrogen and oxygen atoms in total. The SMILES string of the molecule is NCC#Cc1ccc(C(=O)NCCC2CCOC2)cc1Cl. The van der Waals surface area contributed by atoms with Gasteiger partial charge in [-0.15, -0.1) is 0 Å². The van der Waals surface area contributed by atoms with Gasteiger partial charge in [0, 0.05) is 30.9 Å². The van der Waals surface area contributed by atoms with Gasteiger partial charge in [-0.3, -0.25) is 4.79 Å². The van der Waals surface area contributed by atoms with E-state index < -0.39 is 0 Å². The molecule has 112 valence electrons. The first kappa shape index (κ1) is 15.8. The molecule has 3 N–H and O–H groups in total. The Bertz CT molecular complexity index is 557. The second-order valence-electron chi connectivity index (χ2n) is 4.97. The van der Waals surface area contributed by atoms with E-state index in [0.29, 0.717) is 28.6 Å². The molecule has 1 aromatic carbocycles. The summed E-state index contributed by atoms with van der Waals surface area (Å²) in [5.74, 6) is 6.05. The standard InChI is InChI=1S/C16H19ClN2O2/c17-15-10-14(4-3-13(15)2-1-7-18)16(20)19-8-5-12-6-9-21-11-12/h3-4,10,12H,5-9,11,18H2,(H,19,20). The first-order valence-corrected chi connectivity index (χ1v) is 7.43. The van der Waals surface area contributed by atoms with E-state index >= 15 is 0 Å². The molecule has 0 aliphatic carbocycles. The fourth-order valence-corrected chi connectivity index (χ4v) is 2.43. The molecular weight excluding hydrogens is 288 g/mol. The predicted molar refractivity (Wildman–Crippen MR) is 83.3 cm³/mol. The number of carbonyl (C=O) groups is 1. The van der Waals surface area contributed by atoms with Gasteiger partial charge >= 0.3 is 0 Å². The third kappa shape index (κ3) is 4.75. The number of hydrogen-bond donors (Lipinski definition) is 2. The minimum atomic E-state index is -0.117. The lowest BCUT2D eigenvalue weighted by molar-refractivity contribution is 0.0950. The lowest BCUT2D eigenvalue weighted by atomic mass is 10.1. The Morgan fingerprint density at radius 1 is 1.52 bits per heavy atom. The van der Waals surface area contributed by atoms with Crippen molar-refractivity contribution in [2.45, 2.75) is 12.8 Å². The van der Waals surface area contributed by atoms with Crippen molar-refractivity contribution in [2.24, 2.45) is 11.7 Å². The number of rotatable bonds is 4. The quantitative estimate of drug-likeness (QED) is 0.834. The van der Waals surface area contributed by atoms with Gasteiger partial charge < -0.3 is 15.8 Å². The zero-order valence-electron chi connectivity index (χ0n) is 11.8. The second-order valence-corrected chi connectivity index (χ2v) is 5.38. The second kappa shape index (κ2) is 8.04. The van der Waals surface area contributed by atoms with Gasteiger partial charge in [-0.25, -0.2) is 0 Å². The highest BCUT2D eigenvalue weighted by atomic mass is 35.5. The molecule has 1 fully saturated rings. The Morgan fingerprint density at radius 3 is 3.05 bits per heavy atom. The lowest BCUT2D eigenvalue weighted by Crippen LogP contribution is -2.26. The zero-order valence-corrected chi connectivity index (χ0v) is 12.6. The molecule has 5 heteroatoms. The Labute approximate surface area is 130 Å². The summed E-state index contributed by atoms with van der Waals surface area (Å²) < 4.78 is 5.31. The van der Waals surface area contributed by atoms with E-state index in [2.05, 4.69) is 17.2 Å². The molecule has 1 atom stereocenters. The Kier molecular flexibility index (Phi) is 6.06. The largest absolute Gasteiger partial charge is 0.381 e. The normalized spacial score (nSPS) is 17.1. The average molecular weight is 307 g/mol. The van der Waals surface area contributed by atoms with Crippen LogP contribution in [0.25, 0.3) is 0 Å². The topological polar surface area (TPSA) is 64.4 Å². The van der Waals surface area contributed by atoms with E-state index in [1.807, 2.05) is 0 Å². The summed E-state index contributed by atoms with van der Waals surface area (Å²) in [4.78, 5) is 12.0. The van der Waals surface area contributed by atoms with Gasteiger partial charge in [-0.05, 0) is 37.0 Å². The van der Waals surface area contributed by atoms with Crippen molar-refractivity contribution >= 4 is 17.5 Å². The maximum atomic E-state index is 12.0. The molecular formula is C16H19ClN2O2. The first-order valence-electron chi connectivity index (χ1n) is 7.05. The molecule has 0 radical (unpaired) electrons. The van der Waals surface area contributed by atoms with Crippen LogP contribution < -0.4 is 11.1 Å². The number of hydrogen-bond acceptors (Lipinski definition) is 3. The molecule has 1 saturated heterocycles. The molecule has 0 bridgehead atoms. The first-order chi connectivity index (χ1) is 10.2. The van der Waals surface area contributed by atoms with E-state index in [1.165, 1.54) is 0 Å². The monoisotopic (exact) mass is 306 g/mol. The third-order valence-corrected chi connectivity index (χ3v) is 3.73. The van der Waals surface area contributed by atoms with Gasteiger partial charge in [-0.1, -0.05) is 23.4 Å². The van der Waals surface area contributed by atoms with E-state index in [0.717, 1.165) is 26.1 Å². The van der Waals surface area contributed by atoms with E-state index in [1.54, 1.807) is 18.2 Å². The van der Waals surface area contributed by atoms with Gasteiger partial charge in [0.15, 0.2) is 0 Å². The van der Waals surface area contributed by atoms with Crippen molar-refractivity contribution in [2.75, 3.05) is 26.3 Å². The van der Waals surface area contributed by atoms with Crippen LogP contribution in [0, 0.1) is 17.8 Å².